The monoisotopic (exact) mass is 268 g/mol. The summed E-state index contributed by atoms with van der Waals surface area (Å²) >= 11 is 5.98. The Kier molecular flexibility index (Phi) is 4.22. The maximum absolute atomic E-state index is 11.0. The number of halogens is 1. The molecule has 1 aromatic carbocycles. The number of nitrogens with zero attached hydrogens (tertiary/aromatic N) is 1. The average molecular weight is 269 g/mol. The van der Waals surface area contributed by atoms with E-state index in [0.717, 1.165) is 12.1 Å². The van der Waals surface area contributed by atoms with Crippen LogP contribution in [0.25, 0.3) is 0 Å². The molecule has 3 N–H and O–H groups in total. The molecule has 2 rings (SSSR count). The molecule has 2 atom stereocenters. The van der Waals surface area contributed by atoms with Crippen LogP contribution < -0.4 is 5.73 Å². The molecule has 5 heteroatoms. The normalized spacial score (nSPS) is 22.0. The number of aliphatic carboxylic acids is 1. The smallest absolute Gasteiger partial charge is 0.307 e. The molecule has 0 saturated carbocycles. The molecule has 2 unspecified atom stereocenters. The van der Waals surface area contributed by atoms with E-state index in [9.17, 15) is 4.79 Å². The average Bonchev–Trinajstić information content (AvgIpc) is 2.80. The number of likely N-dealkylation sites (tertiary alicyclic amines) is 1. The van der Waals surface area contributed by atoms with Gasteiger partial charge in [-0.15, -0.1) is 0 Å². The standard InChI is InChI=1S/C13H17ClN2O2/c14-11-3-1-2-9(6-11)12(7-15)16-5-4-10(8-16)13(17)18/h1-3,6,10,12H,4-5,7-8,15H2,(H,17,18). The van der Waals surface area contributed by atoms with E-state index in [1.54, 1.807) is 0 Å². The molecule has 0 spiro atoms. The Balaban J connectivity index is 2.13. The first-order chi connectivity index (χ1) is 8.61. The summed E-state index contributed by atoms with van der Waals surface area (Å²) in [6.07, 6.45) is 0.687. The Bertz CT molecular complexity index is 439. The van der Waals surface area contributed by atoms with Gasteiger partial charge in [-0.05, 0) is 30.7 Å². The maximum atomic E-state index is 11.0. The van der Waals surface area contributed by atoms with E-state index in [4.69, 9.17) is 22.4 Å². The van der Waals surface area contributed by atoms with E-state index in [1.165, 1.54) is 0 Å². The molecule has 4 nitrogen and oxygen atoms in total. The summed E-state index contributed by atoms with van der Waals surface area (Å²) in [5.41, 5.74) is 6.88. The molecular formula is C13H17ClN2O2. The number of rotatable bonds is 4. The van der Waals surface area contributed by atoms with Crippen molar-refractivity contribution in [1.82, 2.24) is 4.90 Å². The molecule has 18 heavy (non-hydrogen) atoms. The molecule has 1 aliphatic heterocycles. The number of carbonyl (C=O) groups is 1. The number of carboxylic acids is 1. The lowest BCUT2D eigenvalue weighted by Gasteiger charge is -2.27. The van der Waals surface area contributed by atoms with Crippen molar-refractivity contribution in [2.24, 2.45) is 11.7 Å². The number of hydrogen-bond acceptors (Lipinski definition) is 3. The van der Waals surface area contributed by atoms with Crippen molar-refractivity contribution in [2.75, 3.05) is 19.6 Å². The molecule has 0 aliphatic carbocycles. The van der Waals surface area contributed by atoms with Crippen molar-refractivity contribution in [2.45, 2.75) is 12.5 Å². The summed E-state index contributed by atoms with van der Waals surface area (Å²) in [6, 6.07) is 7.64. The Morgan fingerprint density at radius 3 is 2.94 bits per heavy atom. The third kappa shape index (κ3) is 2.83. The molecule has 0 radical (unpaired) electrons. The lowest BCUT2D eigenvalue weighted by molar-refractivity contribution is -0.141. The van der Waals surface area contributed by atoms with Crippen LogP contribution in [-0.4, -0.2) is 35.6 Å². The van der Waals surface area contributed by atoms with Gasteiger partial charge in [0.1, 0.15) is 0 Å². The zero-order chi connectivity index (χ0) is 13.1. The fourth-order valence-electron chi connectivity index (χ4n) is 2.48. The van der Waals surface area contributed by atoms with Crippen LogP contribution in [0.15, 0.2) is 24.3 Å². The summed E-state index contributed by atoms with van der Waals surface area (Å²) in [7, 11) is 0. The van der Waals surface area contributed by atoms with Crippen LogP contribution in [0.2, 0.25) is 5.02 Å². The van der Waals surface area contributed by atoms with Gasteiger partial charge in [0.05, 0.1) is 5.92 Å². The fourth-order valence-corrected chi connectivity index (χ4v) is 2.68. The predicted octanol–water partition coefficient (Wildman–Crippen LogP) is 1.75. The molecule has 1 fully saturated rings. The van der Waals surface area contributed by atoms with Crippen LogP contribution in [0.4, 0.5) is 0 Å². The van der Waals surface area contributed by atoms with Crippen molar-refractivity contribution in [1.29, 1.82) is 0 Å². The second-order valence-corrected chi connectivity index (χ2v) is 5.06. The molecule has 0 bridgehead atoms. The van der Waals surface area contributed by atoms with Gasteiger partial charge < -0.3 is 10.8 Å². The second kappa shape index (κ2) is 5.69. The highest BCUT2D eigenvalue weighted by Crippen LogP contribution is 2.28. The van der Waals surface area contributed by atoms with E-state index in [1.807, 2.05) is 24.3 Å². The van der Waals surface area contributed by atoms with Crippen molar-refractivity contribution < 1.29 is 9.90 Å². The first-order valence-electron chi connectivity index (χ1n) is 6.04. The lowest BCUT2D eigenvalue weighted by Crippen LogP contribution is -2.32. The molecule has 1 aliphatic rings. The summed E-state index contributed by atoms with van der Waals surface area (Å²) in [6.45, 7) is 1.79. The largest absolute Gasteiger partial charge is 0.481 e. The zero-order valence-corrected chi connectivity index (χ0v) is 10.8. The van der Waals surface area contributed by atoms with Gasteiger partial charge in [-0.25, -0.2) is 0 Å². The summed E-state index contributed by atoms with van der Waals surface area (Å²) < 4.78 is 0. The minimum Gasteiger partial charge on any atom is -0.481 e. The highest BCUT2D eigenvalue weighted by Gasteiger charge is 2.32. The number of hydrogen-bond donors (Lipinski definition) is 2. The van der Waals surface area contributed by atoms with E-state index < -0.39 is 5.97 Å². The molecule has 98 valence electrons. The Hall–Kier alpha value is -1.10. The Labute approximate surface area is 111 Å². The summed E-state index contributed by atoms with van der Waals surface area (Å²) in [4.78, 5) is 13.1. The molecule has 0 aromatic heterocycles. The zero-order valence-electron chi connectivity index (χ0n) is 10.1. The lowest BCUT2D eigenvalue weighted by atomic mass is 10.1. The predicted molar refractivity (Wildman–Crippen MR) is 70.6 cm³/mol. The number of benzene rings is 1. The van der Waals surface area contributed by atoms with Gasteiger partial charge in [0.25, 0.3) is 0 Å². The molecule has 0 amide bonds. The van der Waals surface area contributed by atoms with Crippen LogP contribution >= 0.6 is 11.6 Å². The van der Waals surface area contributed by atoms with Gasteiger partial charge in [-0.3, -0.25) is 9.69 Å². The Morgan fingerprint density at radius 1 is 1.61 bits per heavy atom. The third-order valence-electron chi connectivity index (χ3n) is 3.47. The first-order valence-corrected chi connectivity index (χ1v) is 6.42. The summed E-state index contributed by atoms with van der Waals surface area (Å²) in [5, 5.41) is 9.70. The van der Waals surface area contributed by atoms with Gasteiger partial charge >= 0.3 is 5.97 Å². The molecule has 1 saturated heterocycles. The Morgan fingerprint density at radius 2 is 2.39 bits per heavy atom. The topological polar surface area (TPSA) is 66.6 Å². The second-order valence-electron chi connectivity index (χ2n) is 4.63. The molecule has 1 aromatic rings. The van der Waals surface area contributed by atoms with Crippen molar-refractivity contribution in [3.05, 3.63) is 34.9 Å². The van der Waals surface area contributed by atoms with E-state index >= 15 is 0 Å². The van der Waals surface area contributed by atoms with Gasteiger partial charge in [-0.1, -0.05) is 23.7 Å². The van der Waals surface area contributed by atoms with Crippen LogP contribution in [0.1, 0.15) is 18.0 Å². The van der Waals surface area contributed by atoms with Crippen molar-refractivity contribution in [3.8, 4) is 0 Å². The van der Waals surface area contributed by atoms with Crippen molar-refractivity contribution in [3.63, 3.8) is 0 Å². The van der Waals surface area contributed by atoms with Crippen LogP contribution in [0.5, 0.6) is 0 Å². The molecule has 1 heterocycles. The maximum Gasteiger partial charge on any atom is 0.307 e. The van der Waals surface area contributed by atoms with Gasteiger partial charge in [0, 0.05) is 24.2 Å². The quantitative estimate of drug-likeness (QED) is 0.873. The minimum absolute atomic E-state index is 0.0491. The van der Waals surface area contributed by atoms with Gasteiger partial charge in [0.2, 0.25) is 0 Å². The molecular weight excluding hydrogens is 252 g/mol. The number of nitrogens with two attached hydrogens (primary N) is 1. The van der Waals surface area contributed by atoms with E-state index in [0.29, 0.717) is 24.5 Å². The first kappa shape index (κ1) is 13.3. The van der Waals surface area contributed by atoms with Gasteiger partial charge in [-0.2, -0.15) is 0 Å². The van der Waals surface area contributed by atoms with Crippen LogP contribution in [-0.2, 0) is 4.79 Å². The SMILES string of the molecule is NCC(c1cccc(Cl)c1)N1CCC(C(=O)O)C1. The van der Waals surface area contributed by atoms with E-state index in [-0.39, 0.29) is 12.0 Å². The van der Waals surface area contributed by atoms with Gasteiger partial charge in [0.15, 0.2) is 0 Å². The highest BCUT2D eigenvalue weighted by molar-refractivity contribution is 6.30. The van der Waals surface area contributed by atoms with Crippen molar-refractivity contribution >= 4 is 17.6 Å². The van der Waals surface area contributed by atoms with Crippen LogP contribution in [0, 0.1) is 5.92 Å². The fraction of sp³-hybridized carbons (Fsp3) is 0.462. The minimum atomic E-state index is -0.723. The third-order valence-corrected chi connectivity index (χ3v) is 3.70. The summed E-state index contributed by atoms with van der Waals surface area (Å²) in [5.74, 6) is -1.00. The van der Waals surface area contributed by atoms with E-state index in [2.05, 4.69) is 4.90 Å². The van der Waals surface area contributed by atoms with Crippen LogP contribution in [0.3, 0.4) is 0 Å². The highest BCUT2D eigenvalue weighted by atomic mass is 35.5. The number of carboxylic acid groups (broad SMARTS) is 1.